The summed E-state index contributed by atoms with van der Waals surface area (Å²) in [4.78, 5) is 4.99. The van der Waals surface area contributed by atoms with Gasteiger partial charge in [0.25, 0.3) is 0 Å². The van der Waals surface area contributed by atoms with E-state index < -0.39 is 10.0 Å². The highest BCUT2D eigenvalue weighted by Gasteiger charge is 2.31. The fraction of sp³-hybridized carbons (Fsp3) is 0.737. The predicted octanol–water partition coefficient (Wildman–Crippen LogP) is 1.81. The van der Waals surface area contributed by atoms with Gasteiger partial charge in [-0.05, 0) is 37.7 Å². The minimum absolute atomic E-state index is 0. The number of aliphatic hydroxyl groups is 1. The summed E-state index contributed by atoms with van der Waals surface area (Å²) >= 11 is 0. The molecule has 1 aromatic heterocycles. The second kappa shape index (κ2) is 12.8. The quantitative estimate of drug-likeness (QED) is 0.157. The number of rotatable bonds is 10. The molecule has 10 heteroatoms. The highest BCUT2D eigenvalue weighted by molar-refractivity contribution is 14.0. The van der Waals surface area contributed by atoms with E-state index in [4.69, 9.17) is 4.99 Å². The Labute approximate surface area is 192 Å². The fourth-order valence-corrected chi connectivity index (χ4v) is 4.78. The van der Waals surface area contributed by atoms with Gasteiger partial charge in [0.05, 0.1) is 4.90 Å². The summed E-state index contributed by atoms with van der Waals surface area (Å²) in [6, 6.07) is 1.58. The number of sulfonamides is 1. The van der Waals surface area contributed by atoms with Crippen molar-refractivity contribution < 1.29 is 13.5 Å². The third kappa shape index (κ3) is 8.42. The number of aryl methyl sites for hydroxylation is 1. The molecule has 0 amide bonds. The van der Waals surface area contributed by atoms with Gasteiger partial charge in [-0.3, -0.25) is 4.99 Å². The number of hydrogen-bond donors (Lipinski definition) is 4. The van der Waals surface area contributed by atoms with E-state index in [9.17, 15) is 13.5 Å². The van der Waals surface area contributed by atoms with Crippen molar-refractivity contribution in [1.82, 2.24) is 19.9 Å². The first kappa shape index (κ1) is 26.2. The van der Waals surface area contributed by atoms with Crippen molar-refractivity contribution >= 4 is 40.0 Å². The second-order valence-corrected chi connectivity index (χ2v) is 9.33. The van der Waals surface area contributed by atoms with Crippen LogP contribution in [0.4, 0.5) is 0 Å². The molecule has 0 saturated heterocycles. The van der Waals surface area contributed by atoms with Gasteiger partial charge >= 0.3 is 0 Å². The van der Waals surface area contributed by atoms with Gasteiger partial charge in [-0.1, -0.05) is 19.3 Å². The maximum absolute atomic E-state index is 12.2. The number of aliphatic imine (C=N–C) groups is 1. The van der Waals surface area contributed by atoms with Crippen LogP contribution in [0.2, 0.25) is 0 Å². The first-order chi connectivity index (χ1) is 13.4. The van der Waals surface area contributed by atoms with Crippen LogP contribution in [0.5, 0.6) is 0 Å². The molecule has 4 N–H and O–H groups in total. The molecule has 1 saturated carbocycles. The molecule has 0 spiro atoms. The lowest BCUT2D eigenvalue weighted by molar-refractivity contribution is 0.137. The van der Waals surface area contributed by atoms with E-state index in [1.54, 1.807) is 30.1 Å². The van der Waals surface area contributed by atoms with E-state index in [0.29, 0.717) is 19.0 Å². The highest BCUT2D eigenvalue weighted by atomic mass is 127. The summed E-state index contributed by atoms with van der Waals surface area (Å²) in [6.07, 6.45) is 9.92. The topological polar surface area (TPSA) is 108 Å². The van der Waals surface area contributed by atoms with Crippen LogP contribution >= 0.6 is 24.0 Å². The van der Waals surface area contributed by atoms with E-state index in [1.165, 1.54) is 19.3 Å². The van der Waals surface area contributed by atoms with Crippen molar-refractivity contribution in [3.63, 3.8) is 0 Å². The van der Waals surface area contributed by atoms with Crippen molar-refractivity contribution in [3.8, 4) is 0 Å². The van der Waals surface area contributed by atoms with E-state index in [2.05, 4.69) is 15.4 Å². The Hall–Kier alpha value is -0.850. The van der Waals surface area contributed by atoms with Crippen molar-refractivity contribution in [2.75, 3.05) is 32.8 Å². The van der Waals surface area contributed by atoms with Gasteiger partial charge in [-0.2, -0.15) is 0 Å². The molecule has 2 rings (SSSR count). The van der Waals surface area contributed by atoms with Crippen LogP contribution < -0.4 is 15.4 Å². The van der Waals surface area contributed by atoms with Crippen LogP contribution in [0, 0.1) is 5.41 Å². The second-order valence-electron chi connectivity index (χ2n) is 7.57. The Morgan fingerprint density at radius 2 is 1.97 bits per heavy atom. The van der Waals surface area contributed by atoms with Crippen molar-refractivity contribution in [3.05, 3.63) is 18.5 Å². The summed E-state index contributed by atoms with van der Waals surface area (Å²) in [7, 11) is -1.71. The van der Waals surface area contributed by atoms with Crippen LogP contribution in [0.1, 0.15) is 45.4 Å². The zero-order valence-corrected chi connectivity index (χ0v) is 20.6. The van der Waals surface area contributed by atoms with E-state index in [-0.39, 0.29) is 47.4 Å². The fourth-order valence-electron chi connectivity index (χ4n) is 3.70. The molecule has 1 aliphatic rings. The van der Waals surface area contributed by atoms with Gasteiger partial charge in [0.2, 0.25) is 10.0 Å². The van der Waals surface area contributed by atoms with Gasteiger partial charge in [0, 0.05) is 52.2 Å². The van der Waals surface area contributed by atoms with Gasteiger partial charge < -0.3 is 20.3 Å². The summed E-state index contributed by atoms with van der Waals surface area (Å²) in [5.74, 6) is 0.685. The van der Waals surface area contributed by atoms with Crippen LogP contribution in [0.15, 0.2) is 28.3 Å². The molecule has 0 aromatic carbocycles. The Morgan fingerprint density at radius 1 is 1.24 bits per heavy atom. The van der Waals surface area contributed by atoms with Gasteiger partial charge in [-0.25, -0.2) is 13.1 Å². The smallest absolute Gasteiger partial charge is 0.242 e. The van der Waals surface area contributed by atoms with E-state index in [0.717, 1.165) is 25.8 Å². The SMILES string of the molecule is CCNC(=NCC1(CCO)CCCCC1)NCCNS(=O)(=O)c1ccn(C)c1.I. The normalized spacial score (nSPS) is 16.9. The Morgan fingerprint density at radius 3 is 2.55 bits per heavy atom. The molecule has 1 fully saturated rings. The number of aromatic nitrogens is 1. The molecule has 0 atom stereocenters. The first-order valence-electron chi connectivity index (χ1n) is 10.2. The zero-order chi connectivity index (χ0) is 20.5. The Balaban J connectivity index is 0.00000420. The average molecular weight is 542 g/mol. The molecule has 0 aliphatic heterocycles. The standard InChI is InChI=1S/C19H35N5O3S.HI/c1-3-20-18(22-16-19(10-14-25)8-5-4-6-9-19)21-11-12-23-28(26,27)17-7-13-24(2)15-17;/h7,13,15,23,25H,3-6,8-12,14,16H2,1-2H3,(H2,20,21,22);1H. The largest absolute Gasteiger partial charge is 0.396 e. The average Bonchev–Trinajstić information content (AvgIpc) is 3.12. The molecule has 1 aliphatic carbocycles. The van der Waals surface area contributed by atoms with Crippen molar-refractivity contribution in [1.29, 1.82) is 0 Å². The first-order valence-corrected chi connectivity index (χ1v) is 11.6. The van der Waals surface area contributed by atoms with Crippen LogP contribution in [-0.4, -0.2) is 56.8 Å². The van der Waals surface area contributed by atoms with Crippen molar-refractivity contribution in [2.24, 2.45) is 17.5 Å². The predicted molar refractivity (Wildman–Crippen MR) is 127 cm³/mol. The third-order valence-corrected chi connectivity index (χ3v) is 6.74. The van der Waals surface area contributed by atoms with Crippen LogP contribution in [0.3, 0.4) is 0 Å². The van der Waals surface area contributed by atoms with Gasteiger partial charge in [-0.15, -0.1) is 24.0 Å². The monoisotopic (exact) mass is 541 g/mol. The lowest BCUT2D eigenvalue weighted by atomic mass is 9.72. The molecule has 1 heterocycles. The number of nitrogens with one attached hydrogen (secondary N) is 3. The summed E-state index contributed by atoms with van der Waals surface area (Å²) in [5, 5.41) is 15.9. The number of aliphatic hydroxyl groups excluding tert-OH is 1. The molecule has 0 unspecified atom stereocenters. The minimum Gasteiger partial charge on any atom is -0.396 e. The Bertz CT molecular complexity index is 724. The summed E-state index contributed by atoms with van der Waals surface area (Å²) in [5.41, 5.74) is 0.0875. The van der Waals surface area contributed by atoms with E-state index in [1.807, 2.05) is 6.92 Å². The van der Waals surface area contributed by atoms with Crippen LogP contribution in [0.25, 0.3) is 0 Å². The summed E-state index contributed by atoms with van der Waals surface area (Å²) in [6.45, 7) is 4.31. The lowest BCUT2D eigenvalue weighted by Crippen LogP contribution is -2.42. The summed E-state index contributed by atoms with van der Waals surface area (Å²) < 4.78 is 28.8. The Kier molecular flexibility index (Phi) is 11.5. The van der Waals surface area contributed by atoms with Crippen molar-refractivity contribution in [2.45, 2.75) is 50.3 Å². The van der Waals surface area contributed by atoms with Gasteiger partial charge in [0.1, 0.15) is 0 Å². The number of guanidine groups is 1. The number of hydrogen-bond acceptors (Lipinski definition) is 4. The highest BCUT2D eigenvalue weighted by Crippen LogP contribution is 2.39. The molecular formula is C19H36IN5O3S. The van der Waals surface area contributed by atoms with Gasteiger partial charge in [0.15, 0.2) is 5.96 Å². The number of nitrogens with zero attached hydrogens (tertiary/aromatic N) is 2. The third-order valence-electron chi connectivity index (χ3n) is 5.30. The molecule has 168 valence electrons. The molecule has 1 aromatic rings. The van der Waals surface area contributed by atoms with E-state index >= 15 is 0 Å². The molecule has 0 radical (unpaired) electrons. The minimum atomic E-state index is -3.50. The zero-order valence-electron chi connectivity index (χ0n) is 17.5. The maximum Gasteiger partial charge on any atom is 0.242 e. The molecular weight excluding hydrogens is 505 g/mol. The lowest BCUT2D eigenvalue weighted by Gasteiger charge is -2.35. The molecule has 29 heavy (non-hydrogen) atoms. The molecule has 0 bridgehead atoms. The van der Waals surface area contributed by atoms with Crippen LogP contribution in [-0.2, 0) is 17.1 Å². The number of halogens is 1. The molecule has 8 nitrogen and oxygen atoms in total. The maximum atomic E-state index is 12.2.